The van der Waals surface area contributed by atoms with E-state index in [0.29, 0.717) is 0 Å². The Labute approximate surface area is 113 Å². The van der Waals surface area contributed by atoms with Gasteiger partial charge in [0.05, 0.1) is 36.1 Å². The summed E-state index contributed by atoms with van der Waals surface area (Å²) in [6, 6.07) is 10.3. The van der Waals surface area contributed by atoms with Gasteiger partial charge in [0.1, 0.15) is 5.75 Å². The Bertz CT molecular complexity index is 571. The standard InChI is InChI=1S/C15H17N3O/c1-16-12-9-13(11-17-10-12)18-7-4-8-19-15-6-3-2-5-14(15)18/h2-3,5-6,9-11,16H,4,7-8H2,1H3. The molecule has 1 aliphatic heterocycles. The maximum Gasteiger partial charge on any atom is 0.142 e. The number of pyridine rings is 1. The van der Waals surface area contributed by atoms with Gasteiger partial charge >= 0.3 is 0 Å². The molecule has 0 aliphatic carbocycles. The van der Waals surface area contributed by atoms with Gasteiger partial charge in [-0.15, -0.1) is 0 Å². The lowest BCUT2D eigenvalue weighted by atomic mass is 10.2. The van der Waals surface area contributed by atoms with Gasteiger partial charge in [-0.2, -0.15) is 0 Å². The molecule has 0 bridgehead atoms. The van der Waals surface area contributed by atoms with Crippen molar-refractivity contribution in [3.8, 4) is 5.75 Å². The van der Waals surface area contributed by atoms with Gasteiger partial charge in [-0.3, -0.25) is 4.98 Å². The third-order valence-corrected chi connectivity index (χ3v) is 3.26. The van der Waals surface area contributed by atoms with E-state index in [0.717, 1.165) is 42.4 Å². The van der Waals surface area contributed by atoms with Crippen LogP contribution in [0.5, 0.6) is 5.75 Å². The molecule has 19 heavy (non-hydrogen) atoms. The van der Waals surface area contributed by atoms with Crippen LogP contribution in [0.4, 0.5) is 17.1 Å². The minimum absolute atomic E-state index is 0.757. The van der Waals surface area contributed by atoms with E-state index < -0.39 is 0 Å². The summed E-state index contributed by atoms with van der Waals surface area (Å²) in [5, 5.41) is 3.13. The number of rotatable bonds is 2. The van der Waals surface area contributed by atoms with Crippen LogP contribution in [0.1, 0.15) is 6.42 Å². The molecular formula is C15H17N3O. The minimum Gasteiger partial charge on any atom is -0.491 e. The average molecular weight is 255 g/mol. The van der Waals surface area contributed by atoms with Gasteiger partial charge in [0.2, 0.25) is 0 Å². The lowest BCUT2D eigenvalue weighted by Crippen LogP contribution is -2.17. The third kappa shape index (κ3) is 2.34. The second-order valence-electron chi connectivity index (χ2n) is 4.50. The largest absolute Gasteiger partial charge is 0.491 e. The average Bonchev–Trinajstić information content (AvgIpc) is 2.69. The zero-order valence-electron chi connectivity index (χ0n) is 11.0. The lowest BCUT2D eigenvalue weighted by molar-refractivity contribution is 0.322. The number of nitrogens with one attached hydrogen (secondary N) is 1. The fourth-order valence-electron chi connectivity index (χ4n) is 2.31. The molecule has 1 N–H and O–H groups in total. The Morgan fingerprint density at radius 2 is 2.16 bits per heavy atom. The molecule has 0 fully saturated rings. The van der Waals surface area contributed by atoms with E-state index in [1.165, 1.54) is 0 Å². The molecule has 4 nitrogen and oxygen atoms in total. The minimum atomic E-state index is 0.757. The maximum atomic E-state index is 5.78. The quantitative estimate of drug-likeness (QED) is 0.895. The molecule has 0 saturated heterocycles. The predicted molar refractivity (Wildman–Crippen MR) is 77.3 cm³/mol. The first-order valence-electron chi connectivity index (χ1n) is 6.50. The first-order valence-corrected chi connectivity index (χ1v) is 6.50. The Balaban J connectivity index is 2.03. The zero-order valence-corrected chi connectivity index (χ0v) is 11.0. The molecule has 1 aliphatic rings. The molecule has 1 aromatic carbocycles. The molecule has 0 unspecified atom stereocenters. The van der Waals surface area contributed by atoms with Crippen LogP contribution in [0.15, 0.2) is 42.7 Å². The fourth-order valence-corrected chi connectivity index (χ4v) is 2.31. The van der Waals surface area contributed by atoms with Gasteiger partial charge in [-0.25, -0.2) is 0 Å². The highest BCUT2D eigenvalue weighted by Crippen LogP contribution is 2.35. The van der Waals surface area contributed by atoms with E-state index in [1.807, 2.05) is 37.6 Å². The molecule has 98 valence electrons. The van der Waals surface area contributed by atoms with E-state index in [2.05, 4.69) is 27.3 Å². The summed E-state index contributed by atoms with van der Waals surface area (Å²) in [7, 11) is 1.90. The van der Waals surface area contributed by atoms with Gasteiger partial charge in [0.25, 0.3) is 0 Å². The van der Waals surface area contributed by atoms with Crippen molar-refractivity contribution in [1.29, 1.82) is 0 Å². The monoisotopic (exact) mass is 255 g/mol. The van der Waals surface area contributed by atoms with Crippen LogP contribution in [0.2, 0.25) is 0 Å². The van der Waals surface area contributed by atoms with Crippen molar-refractivity contribution in [1.82, 2.24) is 4.98 Å². The molecule has 0 atom stereocenters. The predicted octanol–water partition coefficient (Wildman–Crippen LogP) is 3.04. The van der Waals surface area contributed by atoms with Crippen LogP contribution in [0.25, 0.3) is 0 Å². The van der Waals surface area contributed by atoms with Crippen molar-refractivity contribution in [2.75, 3.05) is 30.4 Å². The topological polar surface area (TPSA) is 37.4 Å². The first-order chi connectivity index (χ1) is 9.38. The molecule has 1 aromatic heterocycles. The number of anilines is 3. The summed E-state index contributed by atoms with van der Waals surface area (Å²) in [4.78, 5) is 6.55. The van der Waals surface area contributed by atoms with Crippen molar-refractivity contribution in [2.45, 2.75) is 6.42 Å². The molecule has 4 heteroatoms. The first kappa shape index (κ1) is 11.8. The van der Waals surface area contributed by atoms with Crippen LogP contribution in [0.3, 0.4) is 0 Å². The van der Waals surface area contributed by atoms with E-state index in [-0.39, 0.29) is 0 Å². The van der Waals surface area contributed by atoms with Crippen molar-refractivity contribution in [3.63, 3.8) is 0 Å². The fraction of sp³-hybridized carbons (Fsp3) is 0.267. The smallest absolute Gasteiger partial charge is 0.142 e. The van der Waals surface area contributed by atoms with Gasteiger partial charge in [0, 0.05) is 13.6 Å². The van der Waals surface area contributed by atoms with Crippen molar-refractivity contribution in [3.05, 3.63) is 42.7 Å². The van der Waals surface area contributed by atoms with Gasteiger partial charge in [-0.1, -0.05) is 12.1 Å². The van der Waals surface area contributed by atoms with Gasteiger partial charge < -0.3 is 15.0 Å². The molecule has 0 saturated carbocycles. The highest BCUT2D eigenvalue weighted by Gasteiger charge is 2.17. The van der Waals surface area contributed by atoms with E-state index in [9.17, 15) is 0 Å². The van der Waals surface area contributed by atoms with E-state index in [1.54, 1.807) is 0 Å². The van der Waals surface area contributed by atoms with E-state index in [4.69, 9.17) is 4.74 Å². The van der Waals surface area contributed by atoms with Crippen LogP contribution in [0, 0.1) is 0 Å². The van der Waals surface area contributed by atoms with Crippen molar-refractivity contribution in [2.24, 2.45) is 0 Å². The zero-order chi connectivity index (χ0) is 13.1. The molecule has 0 radical (unpaired) electrons. The van der Waals surface area contributed by atoms with Crippen LogP contribution < -0.4 is 15.0 Å². The molecule has 0 spiro atoms. The number of para-hydroxylation sites is 2. The molecule has 2 aromatic rings. The number of benzene rings is 1. The number of ether oxygens (including phenoxy) is 1. The maximum absolute atomic E-state index is 5.78. The summed E-state index contributed by atoms with van der Waals surface area (Å²) in [6.07, 6.45) is 4.71. The SMILES string of the molecule is CNc1cncc(N2CCCOc3ccccc32)c1. The Morgan fingerprint density at radius 3 is 3.05 bits per heavy atom. The Hall–Kier alpha value is -2.23. The molecule has 0 amide bonds. The summed E-state index contributed by atoms with van der Waals surface area (Å²) in [6.45, 7) is 1.69. The Morgan fingerprint density at radius 1 is 1.26 bits per heavy atom. The molecule has 2 heterocycles. The Kier molecular flexibility index (Phi) is 3.23. The van der Waals surface area contributed by atoms with Crippen LogP contribution in [-0.2, 0) is 0 Å². The summed E-state index contributed by atoms with van der Waals surface area (Å²) in [5.41, 5.74) is 3.21. The van der Waals surface area contributed by atoms with Gasteiger partial charge in [-0.05, 0) is 24.6 Å². The normalized spacial score (nSPS) is 14.3. The number of hydrogen-bond acceptors (Lipinski definition) is 4. The third-order valence-electron chi connectivity index (χ3n) is 3.26. The highest BCUT2D eigenvalue weighted by molar-refractivity contribution is 5.71. The van der Waals surface area contributed by atoms with Crippen molar-refractivity contribution >= 4 is 17.1 Å². The summed E-state index contributed by atoms with van der Waals surface area (Å²) in [5.74, 6) is 0.940. The number of fused-ring (bicyclic) bond motifs is 1. The van der Waals surface area contributed by atoms with Crippen LogP contribution >= 0.6 is 0 Å². The number of aromatic nitrogens is 1. The molecular weight excluding hydrogens is 238 g/mol. The highest BCUT2D eigenvalue weighted by atomic mass is 16.5. The van der Waals surface area contributed by atoms with Gasteiger partial charge in [0.15, 0.2) is 0 Å². The molecule has 3 rings (SSSR count). The van der Waals surface area contributed by atoms with Crippen LogP contribution in [-0.4, -0.2) is 25.2 Å². The number of hydrogen-bond donors (Lipinski definition) is 1. The second kappa shape index (κ2) is 5.18. The lowest BCUT2D eigenvalue weighted by Gasteiger charge is -2.23. The summed E-state index contributed by atoms with van der Waals surface area (Å²) >= 11 is 0. The second-order valence-corrected chi connectivity index (χ2v) is 4.50. The van der Waals surface area contributed by atoms with E-state index >= 15 is 0 Å². The number of nitrogens with zero attached hydrogens (tertiary/aromatic N) is 2. The summed E-state index contributed by atoms with van der Waals surface area (Å²) < 4.78 is 5.78. The van der Waals surface area contributed by atoms with Crippen molar-refractivity contribution < 1.29 is 4.74 Å².